The summed E-state index contributed by atoms with van der Waals surface area (Å²) in [5.41, 5.74) is 0. The van der Waals surface area contributed by atoms with Gasteiger partial charge in [0.25, 0.3) is 0 Å². The van der Waals surface area contributed by atoms with Gasteiger partial charge in [-0.2, -0.15) is 0 Å². The van der Waals surface area contributed by atoms with Crippen LogP contribution in [-0.2, 0) is 6.54 Å². The molecular weight excluding hydrogens is 268 g/mol. The lowest BCUT2D eigenvalue weighted by atomic mass is 10.3. The van der Waals surface area contributed by atoms with Crippen LogP contribution < -0.4 is 14.2 Å². The van der Waals surface area contributed by atoms with Crippen molar-refractivity contribution >= 4 is 0 Å². The van der Waals surface area contributed by atoms with E-state index in [2.05, 4.69) is 9.55 Å². The van der Waals surface area contributed by atoms with Crippen LogP contribution in [0.5, 0.6) is 17.2 Å². The van der Waals surface area contributed by atoms with Crippen molar-refractivity contribution in [2.24, 2.45) is 0 Å². The molecule has 0 amide bonds. The Morgan fingerprint density at radius 2 is 2.05 bits per heavy atom. The topological polar surface area (TPSA) is 45.5 Å². The third kappa shape index (κ3) is 3.48. The summed E-state index contributed by atoms with van der Waals surface area (Å²) >= 11 is 0. The number of rotatable bonds is 6. The van der Waals surface area contributed by atoms with E-state index < -0.39 is 0 Å². The molecule has 3 rings (SSSR count). The fraction of sp³-hybridized carbons (Fsp3) is 0.438. The van der Waals surface area contributed by atoms with Crippen LogP contribution in [0.2, 0.25) is 0 Å². The molecule has 1 aromatic carbocycles. The predicted octanol–water partition coefficient (Wildman–Crippen LogP) is 2.82. The monoisotopic (exact) mass is 288 g/mol. The smallest absolute Gasteiger partial charge is 0.165 e. The Hall–Kier alpha value is -2.17. The number of hydrogen-bond donors (Lipinski definition) is 0. The molecule has 0 radical (unpaired) electrons. The number of aromatic nitrogens is 2. The van der Waals surface area contributed by atoms with Gasteiger partial charge >= 0.3 is 0 Å². The highest BCUT2D eigenvalue weighted by Gasteiger charge is 2.11. The summed E-state index contributed by atoms with van der Waals surface area (Å²) in [7, 11) is 0. The van der Waals surface area contributed by atoms with Crippen LogP contribution >= 0.6 is 0 Å². The molecule has 0 N–H and O–H groups in total. The Balaban J connectivity index is 1.42. The van der Waals surface area contributed by atoms with Crippen LogP contribution in [0.1, 0.15) is 18.7 Å². The molecule has 0 fully saturated rings. The molecule has 112 valence electrons. The van der Waals surface area contributed by atoms with Gasteiger partial charge in [0.05, 0.1) is 6.61 Å². The second-order valence-electron chi connectivity index (χ2n) is 5.03. The minimum absolute atomic E-state index is 0.598. The number of aryl methyl sites for hydroxylation is 2. The molecule has 1 aliphatic rings. The van der Waals surface area contributed by atoms with Gasteiger partial charge in [-0.1, -0.05) is 0 Å². The average molecular weight is 288 g/mol. The lowest BCUT2D eigenvalue weighted by molar-refractivity contribution is 0.170. The third-order valence-electron chi connectivity index (χ3n) is 3.50. The summed E-state index contributed by atoms with van der Waals surface area (Å²) in [5, 5.41) is 0. The zero-order chi connectivity index (χ0) is 14.5. The van der Waals surface area contributed by atoms with Crippen molar-refractivity contribution in [3.8, 4) is 17.2 Å². The summed E-state index contributed by atoms with van der Waals surface area (Å²) in [6.45, 7) is 4.91. The second-order valence-corrected chi connectivity index (χ2v) is 5.03. The second kappa shape index (κ2) is 6.52. The van der Waals surface area contributed by atoms with Gasteiger partial charge in [0, 0.05) is 25.0 Å². The fourth-order valence-electron chi connectivity index (χ4n) is 2.33. The normalized spacial score (nSPS) is 13.2. The highest BCUT2D eigenvalue weighted by Crippen LogP contribution is 2.33. The van der Waals surface area contributed by atoms with Crippen LogP contribution in [0, 0.1) is 6.92 Å². The molecule has 0 unspecified atom stereocenters. The number of ether oxygens (including phenoxy) is 3. The van der Waals surface area contributed by atoms with Gasteiger partial charge in [0.1, 0.15) is 24.8 Å². The first-order valence-electron chi connectivity index (χ1n) is 7.33. The van der Waals surface area contributed by atoms with Crippen molar-refractivity contribution in [1.82, 2.24) is 9.55 Å². The van der Waals surface area contributed by atoms with E-state index in [0.717, 1.165) is 42.5 Å². The lowest BCUT2D eigenvalue weighted by Gasteiger charge is -2.18. The maximum atomic E-state index is 5.76. The lowest BCUT2D eigenvalue weighted by Crippen LogP contribution is -2.15. The van der Waals surface area contributed by atoms with Crippen molar-refractivity contribution in [3.05, 3.63) is 36.4 Å². The molecule has 1 aromatic heterocycles. The summed E-state index contributed by atoms with van der Waals surface area (Å²) < 4.78 is 18.9. The number of fused-ring (bicyclic) bond motifs is 1. The maximum absolute atomic E-state index is 5.76. The van der Waals surface area contributed by atoms with E-state index in [1.165, 1.54) is 0 Å². The molecule has 0 saturated carbocycles. The largest absolute Gasteiger partial charge is 0.493 e. The quantitative estimate of drug-likeness (QED) is 0.767. The molecule has 0 saturated heterocycles. The third-order valence-corrected chi connectivity index (χ3v) is 3.50. The van der Waals surface area contributed by atoms with Crippen LogP contribution in [0.15, 0.2) is 30.6 Å². The van der Waals surface area contributed by atoms with E-state index in [0.29, 0.717) is 19.8 Å². The summed E-state index contributed by atoms with van der Waals surface area (Å²) in [4.78, 5) is 4.21. The van der Waals surface area contributed by atoms with E-state index >= 15 is 0 Å². The Labute approximate surface area is 124 Å². The molecule has 2 aromatic rings. The van der Waals surface area contributed by atoms with Gasteiger partial charge in [-0.3, -0.25) is 0 Å². The predicted molar refractivity (Wildman–Crippen MR) is 79.1 cm³/mol. The first-order chi connectivity index (χ1) is 10.3. The summed E-state index contributed by atoms with van der Waals surface area (Å²) in [5.74, 6) is 3.46. The van der Waals surface area contributed by atoms with Gasteiger partial charge in [0.15, 0.2) is 11.5 Å². The van der Waals surface area contributed by atoms with Gasteiger partial charge in [-0.25, -0.2) is 4.98 Å². The average Bonchev–Trinajstić information content (AvgIpc) is 2.92. The SMILES string of the molecule is Cc1nccn1CCCCOc1ccc2c(c1)OCCO2. The molecule has 0 atom stereocenters. The Morgan fingerprint density at radius 1 is 1.19 bits per heavy atom. The van der Waals surface area contributed by atoms with E-state index in [1.807, 2.05) is 37.5 Å². The minimum Gasteiger partial charge on any atom is -0.493 e. The molecule has 0 bridgehead atoms. The van der Waals surface area contributed by atoms with Crippen molar-refractivity contribution in [2.75, 3.05) is 19.8 Å². The van der Waals surface area contributed by atoms with Gasteiger partial charge in [0.2, 0.25) is 0 Å². The number of imidazole rings is 1. The molecule has 1 aliphatic heterocycles. The van der Waals surface area contributed by atoms with Gasteiger partial charge in [-0.05, 0) is 31.9 Å². The molecule has 2 heterocycles. The summed E-state index contributed by atoms with van der Waals surface area (Å²) in [6, 6.07) is 5.72. The Morgan fingerprint density at radius 3 is 2.86 bits per heavy atom. The van der Waals surface area contributed by atoms with Crippen molar-refractivity contribution in [1.29, 1.82) is 0 Å². The number of benzene rings is 1. The van der Waals surface area contributed by atoms with E-state index in [9.17, 15) is 0 Å². The highest BCUT2D eigenvalue weighted by atomic mass is 16.6. The molecule has 5 nitrogen and oxygen atoms in total. The highest BCUT2D eigenvalue weighted by molar-refractivity contribution is 5.46. The molecule has 5 heteroatoms. The first kappa shape index (κ1) is 13.8. The van der Waals surface area contributed by atoms with E-state index in [1.54, 1.807) is 0 Å². The minimum atomic E-state index is 0.598. The van der Waals surface area contributed by atoms with Crippen molar-refractivity contribution in [2.45, 2.75) is 26.3 Å². The molecular formula is C16H20N2O3. The van der Waals surface area contributed by atoms with Crippen LogP contribution in [0.4, 0.5) is 0 Å². The fourth-order valence-corrected chi connectivity index (χ4v) is 2.33. The van der Waals surface area contributed by atoms with Gasteiger partial charge in [-0.15, -0.1) is 0 Å². The Bertz CT molecular complexity index is 595. The maximum Gasteiger partial charge on any atom is 0.165 e. The van der Waals surface area contributed by atoms with Crippen molar-refractivity contribution in [3.63, 3.8) is 0 Å². The zero-order valence-electron chi connectivity index (χ0n) is 12.2. The molecule has 0 spiro atoms. The van der Waals surface area contributed by atoms with Crippen molar-refractivity contribution < 1.29 is 14.2 Å². The Kier molecular flexibility index (Phi) is 4.28. The number of hydrogen-bond acceptors (Lipinski definition) is 4. The molecule has 0 aliphatic carbocycles. The standard InChI is InChI=1S/C16H20N2O3/c1-13-17-6-8-18(13)7-2-3-9-19-14-4-5-15-16(12-14)21-11-10-20-15/h4-6,8,12H,2-3,7,9-11H2,1H3. The van der Waals surface area contributed by atoms with E-state index in [4.69, 9.17) is 14.2 Å². The van der Waals surface area contributed by atoms with Crippen LogP contribution in [0.3, 0.4) is 0 Å². The summed E-state index contributed by atoms with van der Waals surface area (Å²) in [6.07, 6.45) is 5.92. The van der Waals surface area contributed by atoms with E-state index in [-0.39, 0.29) is 0 Å². The van der Waals surface area contributed by atoms with Crippen LogP contribution in [-0.4, -0.2) is 29.4 Å². The van der Waals surface area contributed by atoms with Gasteiger partial charge < -0.3 is 18.8 Å². The number of nitrogens with zero attached hydrogens (tertiary/aromatic N) is 2. The first-order valence-corrected chi connectivity index (χ1v) is 7.33. The van der Waals surface area contributed by atoms with Crippen LogP contribution in [0.25, 0.3) is 0 Å². The number of unbranched alkanes of at least 4 members (excludes halogenated alkanes) is 1. The molecule has 21 heavy (non-hydrogen) atoms. The zero-order valence-corrected chi connectivity index (χ0v) is 12.2.